The first-order chi connectivity index (χ1) is 8.00. The van der Waals surface area contributed by atoms with Gasteiger partial charge in [0.2, 0.25) is 0 Å². The molecule has 1 amide bonds. The molecule has 2 heterocycles. The van der Waals surface area contributed by atoms with E-state index in [9.17, 15) is 4.79 Å². The molecule has 2 aromatic heterocycles. The van der Waals surface area contributed by atoms with E-state index in [1.54, 1.807) is 20.2 Å². The predicted octanol–water partition coefficient (Wildman–Crippen LogP) is 1.52. The molecule has 0 atom stereocenters. The van der Waals surface area contributed by atoms with Crippen LogP contribution in [0.5, 0.6) is 0 Å². The van der Waals surface area contributed by atoms with Crippen LogP contribution in [0, 0.1) is 13.8 Å². The molecule has 2 aromatic rings. The Morgan fingerprint density at radius 2 is 1.88 bits per heavy atom. The van der Waals surface area contributed by atoms with Gasteiger partial charge in [0.05, 0.1) is 0 Å². The van der Waals surface area contributed by atoms with Crippen LogP contribution in [0.3, 0.4) is 0 Å². The van der Waals surface area contributed by atoms with E-state index in [0.29, 0.717) is 5.69 Å². The van der Waals surface area contributed by atoms with Gasteiger partial charge in [-0.15, -0.1) is 0 Å². The minimum Gasteiger partial charge on any atom is -0.343 e. The van der Waals surface area contributed by atoms with Gasteiger partial charge in [-0.2, -0.15) is 5.10 Å². The van der Waals surface area contributed by atoms with E-state index < -0.39 is 0 Å². The lowest BCUT2D eigenvalue weighted by molar-refractivity contribution is 0.0822. The molecule has 0 aromatic carbocycles. The van der Waals surface area contributed by atoms with Crippen molar-refractivity contribution in [3.8, 4) is 5.82 Å². The van der Waals surface area contributed by atoms with E-state index in [0.717, 1.165) is 17.2 Å². The fourth-order valence-corrected chi connectivity index (χ4v) is 1.81. The summed E-state index contributed by atoms with van der Waals surface area (Å²) in [7, 11) is 3.43. The molecule has 90 valence electrons. The first kappa shape index (κ1) is 11.4. The van der Waals surface area contributed by atoms with Crippen molar-refractivity contribution in [3.05, 3.63) is 35.3 Å². The molecular formula is C12H16N4O. The number of hydrogen-bond donors (Lipinski definition) is 1. The van der Waals surface area contributed by atoms with E-state index >= 15 is 0 Å². The van der Waals surface area contributed by atoms with Crippen molar-refractivity contribution in [2.75, 3.05) is 14.1 Å². The molecule has 0 saturated heterocycles. The molecule has 0 spiro atoms. The van der Waals surface area contributed by atoms with E-state index in [2.05, 4.69) is 10.2 Å². The fraction of sp³-hybridized carbons (Fsp3) is 0.333. The normalized spacial score (nSPS) is 10.6. The van der Waals surface area contributed by atoms with Crippen LogP contribution in [0.25, 0.3) is 5.82 Å². The van der Waals surface area contributed by atoms with Gasteiger partial charge >= 0.3 is 0 Å². The number of amides is 1. The summed E-state index contributed by atoms with van der Waals surface area (Å²) in [6.45, 7) is 4.02. The van der Waals surface area contributed by atoms with Gasteiger partial charge in [0.15, 0.2) is 5.82 Å². The smallest absolute Gasteiger partial charge is 0.271 e. The Hall–Kier alpha value is -2.04. The fourth-order valence-electron chi connectivity index (χ4n) is 1.81. The second kappa shape index (κ2) is 4.08. The van der Waals surface area contributed by atoms with Crippen molar-refractivity contribution >= 4 is 5.91 Å². The standard InChI is InChI=1S/C12H16N4O/c1-8-5-6-9(2)16(8)11-7-10(13-14-11)12(17)15(3)4/h5-7H,1-4H3,(H,13,14). The quantitative estimate of drug-likeness (QED) is 0.853. The minimum atomic E-state index is -0.0776. The monoisotopic (exact) mass is 232 g/mol. The number of carbonyl (C=O) groups excluding carboxylic acids is 1. The molecule has 17 heavy (non-hydrogen) atoms. The highest BCUT2D eigenvalue weighted by molar-refractivity contribution is 5.92. The minimum absolute atomic E-state index is 0.0776. The number of nitrogens with one attached hydrogen (secondary N) is 1. The van der Waals surface area contributed by atoms with Gasteiger partial charge in [0.25, 0.3) is 5.91 Å². The number of hydrogen-bond acceptors (Lipinski definition) is 2. The van der Waals surface area contributed by atoms with Crippen LogP contribution in [-0.2, 0) is 0 Å². The first-order valence-electron chi connectivity index (χ1n) is 5.43. The van der Waals surface area contributed by atoms with Crippen LogP contribution in [-0.4, -0.2) is 39.7 Å². The number of carbonyl (C=O) groups is 1. The largest absolute Gasteiger partial charge is 0.343 e. The molecule has 1 N–H and O–H groups in total. The lowest BCUT2D eigenvalue weighted by Gasteiger charge is -2.07. The summed E-state index contributed by atoms with van der Waals surface area (Å²) in [6, 6.07) is 5.82. The van der Waals surface area contributed by atoms with Gasteiger partial charge in [-0.3, -0.25) is 9.89 Å². The maximum Gasteiger partial charge on any atom is 0.271 e. The van der Waals surface area contributed by atoms with Gasteiger partial charge in [0, 0.05) is 31.5 Å². The third kappa shape index (κ3) is 1.95. The highest BCUT2D eigenvalue weighted by Crippen LogP contribution is 2.15. The second-order valence-corrected chi connectivity index (χ2v) is 4.29. The van der Waals surface area contributed by atoms with Gasteiger partial charge < -0.3 is 9.47 Å². The first-order valence-corrected chi connectivity index (χ1v) is 5.43. The van der Waals surface area contributed by atoms with E-state index in [4.69, 9.17) is 0 Å². The molecule has 0 aliphatic carbocycles. The third-order valence-electron chi connectivity index (χ3n) is 2.70. The van der Waals surface area contributed by atoms with E-state index in [-0.39, 0.29) is 5.91 Å². The number of aromatic amines is 1. The van der Waals surface area contributed by atoms with Crippen molar-refractivity contribution < 1.29 is 4.79 Å². The summed E-state index contributed by atoms with van der Waals surface area (Å²) in [5.41, 5.74) is 2.69. The molecule has 0 saturated carbocycles. The molecule has 0 fully saturated rings. The summed E-state index contributed by atoms with van der Waals surface area (Å²) in [6.07, 6.45) is 0. The van der Waals surface area contributed by atoms with Crippen molar-refractivity contribution in [2.45, 2.75) is 13.8 Å². The Balaban J connectivity index is 2.40. The molecule has 0 unspecified atom stereocenters. The average Bonchev–Trinajstić information content (AvgIpc) is 2.85. The average molecular weight is 232 g/mol. The molecule has 0 aliphatic rings. The van der Waals surface area contributed by atoms with Crippen LogP contribution in [0.15, 0.2) is 18.2 Å². The maximum atomic E-state index is 11.7. The lowest BCUT2D eigenvalue weighted by Crippen LogP contribution is -2.21. The van der Waals surface area contributed by atoms with Crippen molar-refractivity contribution in [3.63, 3.8) is 0 Å². The molecule has 0 radical (unpaired) electrons. The topological polar surface area (TPSA) is 53.9 Å². The highest BCUT2D eigenvalue weighted by Gasteiger charge is 2.13. The maximum absolute atomic E-state index is 11.7. The molecule has 5 heteroatoms. The van der Waals surface area contributed by atoms with Gasteiger partial charge in [-0.25, -0.2) is 0 Å². The van der Waals surface area contributed by atoms with Gasteiger partial charge in [-0.05, 0) is 26.0 Å². The number of nitrogens with zero attached hydrogens (tertiary/aromatic N) is 3. The summed E-state index contributed by atoms with van der Waals surface area (Å²) in [4.78, 5) is 13.3. The Morgan fingerprint density at radius 1 is 1.29 bits per heavy atom. The van der Waals surface area contributed by atoms with Crippen LogP contribution in [0.2, 0.25) is 0 Å². The zero-order valence-corrected chi connectivity index (χ0v) is 10.5. The molecule has 2 rings (SSSR count). The number of rotatable bonds is 2. The zero-order valence-electron chi connectivity index (χ0n) is 10.5. The molecule has 5 nitrogen and oxygen atoms in total. The Bertz CT molecular complexity index is 531. The van der Waals surface area contributed by atoms with Crippen molar-refractivity contribution in [2.24, 2.45) is 0 Å². The lowest BCUT2D eigenvalue weighted by atomic mass is 10.3. The van der Waals surface area contributed by atoms with Gasteiger partial charge in [0.1, 0.15) is 5.69 Å². The van der Waals surface area contributed by atoms with Crippen molar-refractivity contribution in [1.29, 1.82) is 0 Å². The van der Waals surface area contributed by atoms with E-state index in [1.165, 1.54) is 4.90 Å². The Labute approximate surface area is 100 Å². The molecule has 0 bridgehead atoms. The third-order valence-corrected chi connectivity index (χ3v) is 2.70. The highest BCUT2D eigenvalue weighted by atomic mass is 16.2. The van der Waals surface area contributed by atoms with Crippen LogP contribution in [0.1, 0.15) is 21.9 Å². The summed E-state index contributed by atoms with van der Waals surface area (Å²) >= 11 is 0. The zero-order chi connectivity index (χ0) is 12.6. The Kier molecular flexibility index (Phi) is 2.75. The second-order valence-electron chi connectivity index (χ2n) is 4.29. The van der Waals surface area contributed by atoms with Crippen LogP contribution in [0.4, 0.5) is 0 Å². The van der Waals surface area contributed by atoms with E-state index in [1.807, 2.05) is 30.5 Å². The predicted molar refractivity (Wildman–Crippen MR) is 65.4 cm³/mol. The SMILES string of the molecule is Cc1ccc(C)n1-c1cc(C(=O)N(C)C)[nH]n1. The number of aryl methyl sites for hydroxylation is 2. The summed E-state index contributed by atoms with van der Waals surface area (Å²) < 4.78 is 2.00. The number of aromatic nitrogens is 3. The Morgan fingerprint density at radius 3 is 2.41 bits per heavy atom. The van der Waals surface area contributed by atoms with Gasteiger partial charge in [-0.1, -0.05) is 0 Å². The summed E-state index contributed by atoms with van der Waals surface area (Å²) in [5, 5.41) is 6.94. The molecular weight excluding hydrogens is 216 g/mol. The molecule has 0 aliphatic heterocycles. The van der Waals surface area contributed by atoms with Crippen LogP contribution < -0.4 is 0 Å². The number of H-pyrrole nitrogens is 1. The summed E-state index contributed by atoms with van der Waals surface area (Å²) in [5.74, 6) is 0.668. The van der Waals surface area contributed by atoms with Crippen LogP contribution >= 0.6 is 0 Å². The van der Waals surface area contributed by atoms with Crippen molar-refractivity contribution in [1.82, 2.24) is 19.7 Å².